The lowest BCUT2D eigenvalue weighted by molar-refractivity contribution is 0.199. The highest BCUT2D eigenvalue weighted by molar-refractivity contribution is 4.96. The van der Waals surface area contributed by atoms with Gasteiger partial charge >= 0.3 is 0 Å². The number of nitrogens with one attached hydrogen (secondary N) is 1. The highest BCUT2D eigenvalue weighted by atomic mass is 15.3. The third-order valence-electron chi connectivity index (χ3n) is 4.32. The first-order valence-electron chi connectivity index (χ1n) is 7.15. The van der Waals surface area contributed by atoms with Gasteiger partial charge in [-0.2, -0.15) is 5.10 Å². The van der Waals surface area contributed by atoms with Gasteiger partial charge in [-0.25, -0.2) is 4.98 Å². The van der Waals surface area contributed by atoms with Crippen LogP contribution in [0.1, 0.15) is 46.4 Å². The van der Waals surface area contributed by atoms with Crippen LogP contribution in [0.15, 0.2) is 6.33 Å². The van der Waals surface area contributed by atoms with E-state index in [1.807, 2.05) is 4.68 Å². The van der Waals surface area contributed by atoms with Crippen LogP contribution in [0, 0.1) is 11.3 Å². The van der Waals surface area contributed by atoms with Gasteiger partial charge in [0.05, 0.1) is 0 Å². The summed E-state index contributed by atoms with van der Waals surface area (Å²) in [5.74, 6) is 1.75. The van der Waals surface area contributed by atoms with E-state index in [-0.39, 0.29) is 5.41 Å². The molecule has 1 N–H and O–H groups in total. The summed E-state index contributed by atoms with van der Waals surface area (Å²) in [6, 6.07) is 0.770. The molecule has 1 aliphatic rings. The van der Waals surface area contributed by atoms with E-state index in [1.165, 1.54) is 12.8 Å². The minimum Gasteiger partial charge on any atom is -0.313 e. The fraction of sp³-hybridized carbons (Fsp3) is 0.857. The topological polar surface area (TPSA) is 42.7 Å². The first kappa shape index (κ1) is 13.5. The minimum atomic E-state index is 0.253. The summed E-state index contributed by atoms with van der Waals surface area (Å²) in [5, 5.41) is 7.94. The molecule has 1 fully saturated rings. The zero-order valence-electron chi connectivity index (χ0n) is 12.1. The van der Waals surface area contributed by atoms with E-state index in [4.69, 9.17) is 0 Å². The van der Waals surface area contributed by atoms with E-state index in [0.717, 1.165) is 31.4 Å². The summed E-state index contributed by atoms with van der Waals surface area (Å²) in [4.78, 5) is 4.42. The maximum Gasteiger partial charge on any atom is 0.138 e. The van der Waals surface area contributed by atoms with Gasteiger partial charge < -0.3 is 5.32 Å². The molecule has 0 bridgehead atoms. The zero-order valence-corrected chi connectivity index (χ0v) is 12.1. The molecule has 1 heterocycles. The second-order valence-corrected chi connectivity index (χ2v) is 6.13. The van der Waals surface area contributed by atoms with Crippen LogP contribution in [0.2, 0.25) is 0 Å². The molecule has 2 rings (SSSR count). The van der Waals surface area contributed by atoms with Gasteiger partial charge in [-0.15, -0.1) is 0 Å². The second-order valence-electron chi connectivity index (χ2n) is 6.13. The van der Waals surface area contributed by atoms with Crippen molar-refractivity contribution >= 4 is 0 Å². The molecule has 1 aromatic rings. The average Bonchev–Trinajstić information content (AvgIpc) is 3.06. The molecule has 0 aromatic carbocycles. The molecule has 1 aromatic heterocycles. The van der Waals surface area contributed by atoms with Crippen LogP contribution in [0.5, 0.6) is 0 Å². The van der Waals surface area contributed by atoms with Gasteiger partial charge in [0.2, 0.25) is 0 Å². The molecule has 0 spiro atoms. The van der Waals surface area contributed by atoms with E-state index in [0.29, 0.717) is 5.92 Å². The molecular weight excluding hydrogens is 224 g/mol. The van der Waals surface area contributed by atoms with E-state index in [9.17, 15) is 0 Å². The van der Waals surface area contributed by atoms with E-state index >= 15 is 0 Å². The lowest BCUT2D eigenvalue weighted by Gasteiger charge is -2.34. The van der Waals surface area contributed by atoms with Crippen molar-refractivity contribution in [1.82, 2.24) is 20.1 Å². The van der Waals surface area contributed by atoms with Crippen molar-refractivity contribution in [3.05, 3.63) is 12.2 Å². The van der Waals surface area contributed by atoms with Gasteiger partial charge in [0, 0.05) is 25.6 Å². The van der Waals surface area contributed by atoms with Crippen molar-refractivity contribution in [3.63, 3.8) is 0 Å². The lowest BCUT2D eigenvalue weighted by atomic mass is 9.76. The Hall–Kier alpha value is -0.900. The lowest BCUT2D eigenvalue weighted by Crippen LogP contribution is -2.39. The Labute approximate surface area is 110 Å². The quantitative estimate of drug-likeness (QED) is 0.807. The molecule has 1 atom stereocenters. The van der Waals surface area contributed by atoms with E-state index < -0.39 is 0 Å². The predicted molar refractivity (Wildman–Crippen MR) is 73.4 cm³/mol. The van der Waals surface area contributed by atoms with Gasteiger partial charge in [0.15, 0.2) is 0 Å². The summed E-state index contributed by atoms with van der Waals surface area (Å²) >= 11 is 0. The van der Waals surface area contributed by atoms with Gasteiger partial charge in [-0.3, -0.25) is 4.68 Å². The van der Waals surface area contributed by atoms with Crippen molar-refractivity contribution < 1.29 is 0 Å². The average molecular weight is 250 g/mol. The SMILES string of the molecule is CCn1ncnc1CC(C)(CNC1CC1)C(C)C. The number of aryl methyl sites for hydroxylation is 1. The largest absolute Gasteiger partial charge is 0.313 e. The van der Waals surface area contributed by atoms with Crippen molar-refractivity contribution in [2.75, 3.05) is 6.54 Å². The summed E-state index contributed by atoms with van der Waals surface area (Å²) in [6.45, 7) is 11.1. The van der Waals surface area contributed by atoms with Crippen molar-refractivity contribution in [2.45, 2.75) is 59.5 Å². The molecule has 1 unspecified atom stereocenters. The minimum absolute atomic E-state index is 0.253. The zero-order chi connectivity index (χ0) is 13.2. The number of rotatable bonds is 7. The molecule has 0 radical (unpaired) electrons. The number of nitrogens with zero attached hydrogens (tertiary/aromatic N) is 3. The molecule has 18 heavy (non-hydrogen) atoms. The summed E-state index contributed by atoms with van der Waals surface area (Å²) in [5.41, 5.74) is 0.253. The maximum atomic E-state index is 4.42. The normalized spacial score (nSPS) is 19.2. The Kier molecular flexibility index (Phi) is 4.05. The first-order chi connectivity index (χ1) is 8.55. The molecule has 102 valence electrons. The smallest absolute Gasteiger partial charge is 0.138 e. The fourth-order valence-electron chi connectivity index (χ4n) is 2.19. The van der Waals surface area contributed by atoms with Gasteiger partial charge in [0.25, 0.3) is 0 Å². The number of hydrogen-bond donors (Lipinski definition) is 1. The van der Waals surface area contributed by atoms with Crippen molar-refractivity contribution in [3.8, 4) is 0 Å². The molecule has 4 nitrogen and oxygen atoms in total. The monoisotopic (exact) mass is 250 g/mol. The predicted octanol–water partition coefficient (Wildman–Crippen LogP) is 2.25. The van der Waals surface area contributed by atoms with Gasteiger partial charge in [-0.05, 0) is 31.1 Å². The van der Waals surface area contributed by atoms with Gasteiger partial charge in [-0.1, -0.05) is 20.8 Å². The van der Waals surface area contributed by atoms with E-state index in [2.05, 4.69) is 43.1 Å². The summed E-state index contributed by atoms with van der Waals surface area (Å²) in [7, 11) is 0. The maximum absolute atomic E-state index is 4.42. The first-order valence-corrected chi connectivity index (χ1v) is 7.15. The number of hydrogen-bond acceptors (Lipinski definition) is 3. The number of aromatic nitrogens is 3. The second kappa shape index (κ2) is 5.39. The van der Waals surface area contributed by atoms with Crippen molar-refractivity contribution in [2.24, 2.45) is 11.3 Å². The Bertz CT molecular complexity index is 381. The van der Waals surface area contributed by atoms with Gasteiger partial charge in [0.1, 0.15) is 12.2 Å². The Morgan fingerprint density at radius 3 is 2.78 bits per heavy atom. The molecule has 0 amide bonds. The third-order valence-corrected chi connectivity index (χ3v) is 4.32. The van der Waals surface area contributed by atoms with Crippen molar-refractivity contribution in [1.29, 1.82) is 0 Å². The standard InChI is InChI=1S/C14H26N4/c1-5-18-13(16-10-17-18)8-14(4,11(2)3)9-15-12-6-7-12/h10-12,15H,5-9H2,1-4H3. The Morgan fingerprint density at radius 2 is 2.22 bits per heavy atom. The molecule has 0 saturated heterocycles. The van der Waals surface area contributed by atoms with Crippen LogP contribution in [0.25, 0.3) is 0 Å². The van der Waals surface area contributed by atoms with Crippen LogP contribution in [0.3, 0.4) is 0 Å². The van der Waals surface area contributed by atoms with Crippen LogP contribution in [0.4, 0.5) is 0 Å². The van der Waals surface area contributed by atoms with Crippen LogP contribution in [-0.2, 0) is 13.0 Å². The molecule has 1 aliphatic carbocycles. The third kappa shape index (κ3) is 3.10. The Morgan fingerprint density at radius 1 is 1.50 bits per heavy atom. The molecule has 0 aliphatic heterocycles. The Balaban J connectivity index is 2.03. The molecular formula is C14H26N4. The van der Waals surface area contributed by atoms with Crippen LogP contribution in [-0.4, -0.2) is 27.4 Å². The fourth-order valence-corrected chi connectivity index (χ4v) is 2.19. The summed E-state index contributed by atoms with van der Waals surface area (Å²) < 4.78 is 2.01. The van der Waals surface area contributed by atoms with Crippen LogP contribution < -0.4 is 5.32 Å². The van der Waals surface area contributed by atoms with Crippen LogP contribution >= 0.6 is 0 Å². The highest BCUT2D eigenvalue weighted by Gasteiger charge is 2.32. The highest BCUT2D eigenvalue weighted by Crippen LogP contribution is 2.31. The molecule has 4 heteroatoms. The molecule has 1 saturated carbocycles. The summed E-state index contributed by atoms with van der Waals surface area (Å²) in [6.07, 6.45) is 5.37. The van der Waals surface area contributed by atoms with E-state index in [1.54, 1.807) is 6.33 Å².